The average Bonchev–Trinajstić information content (AvgIpc) is 3.82. The minimum Gasteiger partial charge on any atom is -0.410 e. The van der Waals surface area contributed by atoms with Crippen LogP contribution in [0.2, 0.25) is 0 Å². The maximum absolute atomic E-state index is 14.1. The Morgan fingerprint density at radius 1 is 0.854 bits per heavy atom. The highest BCUT2D eigenvalue weighted by Crippen LogP contribution is 2.46. The largest absolute Gasteiger partial charge is 0.412 e. The molecule has 0 aliphatic carbocycles. The molecule has 0 bridgehead atoms. The van der Waals surface area contributed by atoms with Gasteiger partial charge in [0.1, 0.15) is 17.2 Å². The van der Waals surface area contributed by atoms with E-state index in [-0.39, 0.29) is 29.8 Å². The number of nitrogens with one attached hydrogen (secondary N) is 3. The lowest BCUT2D eigenvalue weighted by atomic mass is 9.95. The van der Waals surface area contributed by atoms with Gasteiger partial charge in [-0.2, -0.15) is 0 Å². The number of aromatic nitrogens is 2. The number of ketones is 2. The van der Waals surface area contributed by atoms with Gasteiger partial charge >= 0.3 is 6.09 Å². The number of hydrogen-bond donors (Lipinski definition) is 3. The molecule has 242 valence electrons. The maximum Gasteiger partial charge on any atom is 0.412 e. The van der Waals surface area contributed by atoms with Crippen molar-refractivity contribution in [2.75, 3.05) is 24.4 Å². The molecular formula is C38H33ClN4O5. The van der Waals surface area contributed by atoms with Crippen LogP contribution in [0.5, 0.6) is 5.75 Å². The minimum absolute atomic E-state index is 0.0636. The van der Waals surface area contributed by atoms with Gasteiger partial charge in [0, 0.05) is 77.9 Å². The molecule has 1 aliphatic heterocycles. The second-order valence-electron chi connectivity index (χ2n) is 12.1. The predicted octanol–water partition coefficient (Wildman–Crippen LogP) is 7.45. The smallest absolute Gasteiger partial charge is 0.410 e. The van der Waals surface area contributed by atoms with Crippen LogP contribution in [0.4, 0.5) is 10.5 Å². The van der Waals surface area contributed by atoms with Crippen LogP contribution in [0.15, 0.2) is 78.9 Å². The average molecular weight is 661 g/mol. The van der Waals surface area contributed by atoms with E-state index < -0.39 is 6.09 Å². The number of amides is 2. The van der Waals surface area contributed by atoms with Crippen LogP contribution in [0.3, 0.4) is 0 Å². The van der Waals surface area contributed by atoms with Gasteiger partial charge in [-0.25, -0.2) is 4.79 Å². The van der Waals surface area contributed by atoms with E-state index in [2.05, 4.69) is 15.3 Å². The summed E-state index contributed by atoms with van der Waals surface area (Å²) in [5.41, 5.74) is 5.84. The Labute approximate surface area is 281 Å². The van der Waals surface area contributed by atoms with Gasteiger partial charge in [0.05, 0.1) is 11.4 Å². The van der Waals surface area contributed by atoms with Crippen LogP contribution in [0.25, 0.3) is 32.6 Å². The Balaban J connectivity index is 1.15. The molecule has 3 heterocycles. The number of H-pyrrole nitrogens is 2. The van der Waals surface area contributed by atoms with E-state index in [0.717, 1.165) is 49.3 Å². The monoisotopic (exact) mass is 660 g/mol. The normalized spacial score (nSPS) is 14.1. The maximum atomic E-state index is 14.1. The number of halogens is 1. The van der Waals surface area contributed by atoms with Crippen molar-refractivity contribution >= 4 is 73.4 Å². The second kappa shape index (κ2) is 12.7. The number of nitrogens with zero attached hydrogens (tertiary/aromatic N) is 1. The van der Waals surface area contributed by atoms with E-state index in [1.54, 1.807) is 17.0 Å². The van der Waals surface area contributed by atoms with Crippen LogP contribution in [-0.2, 0) is 17.6 Å². The van der Waals surface area contributed by atoms with Crippen LogP contribution in [0, 0.1) is 0 Å². The van der Waals surface area contributed by atoms with Crippen molar-refractivity contribution in [3.8, 4) is 5.75 Å². The van der Waals surface area contributed by atoms with E-state index in [1.165, 1.54) is 7.05 Å². The number of Topliss-reactive ketones (excluding diaryl/α,β-unsaturated/α-hetero) is 2. The first kappa shape index (κ1) is 31.2. The quantitative estimate of drug-likeness (QED) is 0.110. The lowest BCUT2D eigenvalue weighted by Gasteiger charge is -2.18. The molecule has 3 N–H and O–H groups in total. The van der Waals surface area contributed by atoms with E-state index in [9.17, 15) is 19.2 Å². The van der Waals surface area contributed by atoms with Crippen LogP contribution >= 0.6 is 11.6 Å². The first-order chi connectivity index (χ1) is 23.3. The third-order valence-electron chi connectivity index (χ3n) is 9.03. The first-order valence-electron chi connectivity index (χ1n) is 15.9. The summed E-state index contributed by atoms with van der Waals surface area (Å²) in [6.45, 7) is 2.23. The molecule has 7 rings (SSSR count). The summed E-state index contributed by atoms with van der Waals surface area (Å²) in [5, 5.41) is 5.82. The summed E-state index contributed by atoms with van der Waals surface area (Å²) in [7, 11) is 1.49. The van der Waals surface area contributed by atoms with Gasteiger partial charge in [0.15, 0.2) is 5.78 Å². The summed E-state index contributed by atoms with van der Waals surface area (Å²) >= 11 is 6.44. The fraction of sp³-hybridized carbons (Fsp3) is 0.211. The molecule has 1 atom stereocenters. The highest BCUT2D eigenvalue weighted by Gasteiger charge is 2.36. The van der Waals surface area contributed by atoms with Crippen molar-refractivity contribution in [2.24, 2.45) is 0 Å². The first-order valence-corrected chi connectivity index (χ1v) is 16.4. The van der Waals surface area contributed by atoms with E-state index in [4.69, 9.17) is 16.3 Å². The van der Waals surface area contributed by atoms with Crippen molar-refractivity contribution in [3.63, 3.8) is 0 Å². The number of alkyl halides is 1. The molecule has 2 amide bonds. The Morgan fingerprint density at radius 3 is 2.17 bits per heavy atom. The second-order valence-corrected chi connectivity index (χ2v) is 12.4. The molecule has 0 saturated heterocycles. The van der Waals surface area contributed by atoms with E-state index in [1.807, 2.05) is 73.7 Å². The third kappa shape index (κ3) is 5.71. The number of benzene rings is 4. The lowest BCUT2D eigenvalue weighted by molar-refractivity contribution is -0.118. The number of hydrogen-bond acceptors (Lipinski definition) is 5. The molecule has 9 nitrogen and oxygen atoms in total. The summed E-state index contributed by atoms with van der Waals surface area (Å²) in [5.74, 6) is 0.428. The molecule has 6 aromatic rings. The fourth-order valence-electron chi connectivity index (χ4n) is 6.59. The van der Waals surface area contributed by atoms with E-state index in [0.29, 0.717) is 48.1 Å². The Morgan fingerprint density at radius 2 is 1.50 bits per heavy atom. The number of carbonyl (C=O) groups is 4. The predicted molar refractivity (Wildman–Crippen MR) is 188 cm³/mol. The standard InChI is InChI=1S/C38H33ClN4O5/c1-3-26(44)14-21-8-10-29-23(12-21)16-31(41-29)34(45)15-22-9-11-30-24(13-22)17-32(42-30)37(46)43-20-25(19-39)36-28-7-5-4-6-27(28)35(18-33(36)43)48-38(47)40-2/h4-13,16-18,25,41-42H,3,14-15,19-20H2,1-2H3,(H,40,47). The van der Waals surface area contributed by atoms with Crippen LogP contribution in [0.1, 0.15) is 56.9 Å². The van der Waals surface area contributed by atoms with Crippen molar-refractivity contribution in [1.82, 2.24) is 15.3 Å². The number of rotatable bonds is 9. The topological polar surface area (TPSA) is 124 Å². The Bertz CT molecular complexity index is 2270. The fourth-order valence-corrected chi connectivity index (χ4v) is 6.85. The Hall–Kier alpha value is -5.41. The summed E-state index contributed by atoms with van der Waals surface area (Å²) < 4.78 is 5.60. The zero-order chi connectivity index (χ0) is 33.5. The molecular weight excluding hydrogens is 628 g/mol. The Kier molecular flexibility index (Phi) is 8.23. The van der Waals surface area contributed by atoms with Gasteiger partial charge in [-0.1, -0.05) is 43.3 Å². The number of fused-ring (bicyclic) bond motifs is 5. The zero-order valence-electron chi connectivity index (χ0n) is 26.5. The molecule has 10 heteroatoms. The highest BCUT2D eigenvalue weighted by atomic mass is 35.5. The van der Waals surface area contributed by atoms with Gasteiger partial charge in [-0.15, -0.1) is 11.6 Å². The van der Waals surface area contributed by atoms with Gasteiger partial charge in [-0.3, -0.25) is 14.4 Å². The minimum atomic E-state index is -0.603. The van der Waals surface area contributed by atoms with Gasteiger partial charge < -0.3 is 24.9 Å². The van der Waals surface area contributed by atoms with Crippen molar-refractivity contribution in [3.05, 3.63) is 107 Å². The molecule has 0 radical (unpaired) electrons. The highest BCUT2D eigenvalue weighted by molar-refractivity contribution is 6.19. The van der Waals surface area contributed by atoms with Crippen molar-refractivity contribution < 1.29 is 23.9 Å². The lowest BCUT2D eigenvalue weighted by Crippen LogP contribution is -2.30. The van der Waals surface area contributed by atoms with Crippen LogP contribution in [-0.4, -0.2) is 53.0 Å². The van der Waals surface area contributed by atoms with Gasteiger partial charge in [0.25, 0.3) is 5.91 Å². The molecule has 0 saturated carbocycles. The molecule has 48 heavy (non-hydrogen) atoms. The molecule has 1 aliphatic rings. The molecule has 0 fully saturated rings. The van der Waals surface area contributed by atoms with Crippen LogP contribution < -0.4 is 15.0 Å². The van der Waals surface area contributed by atoms with Crippen molar-refractivity contribution in [2.45, 2.75) is 32.1 Å². The number of carbonyl (C=O) groups excluding carboxylic acids is 4. The molecule has 0 spiro atoms. The summed E-state index contributed by atoms with van der Waals surface area (Å²) in [4.78, 5) is 59.6. The van der Waals surface area contributed by atoms with Crippen molar-refractivity contribution in [1.29, 1.82) is 0 Å². The number of anilines is 1. The molecule has 1 unspecified atom stereocenters. The van der Waals surface area contributed by atoms with E-state index >= 15 is 0 Å². The summed E-state index contributed by atoms with van der Waals surface area (Å²) in [6.07, 6.45) is 0.443. The third-order valence-corrected chi connectivity index (χ3v) is 9.40. The van der Waals surface area contributed by atoms with Gasteiger partial charge in [0.2, 0.25) is 0 Å². The molecule has 2 aromatic heterocycles. The SMILES string of the molecule is CCC(=O)Cc1ccc2[nH]c(C(=O)Cc3ccc4[nH]c(C(=O)N5CC(CCl)c6c5cc(OC(=O)NC)c5ccccc65)cc4c3)cc2c1. The zero-order valence-corrected chi connectivity index (χ0v) is 27.2. The number of aromatic amines is 2. The van der Waals surface area contributed by atoms with Gasteiger partial charge in [-0.05, 0) is 58.5 Å². The molecule has 4 aromatic carbocycles. The summed E-state index contributed by atoms with van der Waals surface area (Å²) in [6, 6.07) is 24.4. The number of ether oxygens (including phenoxy) is 1.